The molecule has 0 spiro atoms. The fourth-order valence-corrected chi connectivity index (χ4v) is 2.81. The average Bonchev–Trinajstić information content (AvgIpc) is 2.61. The first-order valence-corrected chi connectivity index (χ1v) is 9.36. The lowest BCUT2D eigenvalue weighted by atomic mass is 9.99. The Balaban J connectivity index is 2.66. The molecule has 0 aliphatic heterocycles. The van der Waals surface area contributed by atoms with Gasteiger partial charge in [-0.2, -0.15) is 0 Å². The molecule has 0 aliphatic rings. The van der Waals surface area contributed by atoms with Crippen molar-refractivity contribution in [3.8, 4) is 0 Å². The summed E-state index contributed by atoms with van der Waals surface area (Å²) < 4.78 is 0. The summed E-state index contributed by atoms with van der Waals surface area (Å²) in [5, 5.41) is 25.6. The molecule has 9 heteroatoms. The van der Waals surface area contributed by atoms with E-state index in [1.807, 2.05) is 0 Å². The van der Waals surface area contributed by atoms with Crippen LogP contribution < -0.4 is 10.6 Å². The lowest BCUT2D eigenvalue weighted by Gasteiger charge is -2.19. The summed E-state index contributed by atoms with van der Waals surface area (Å²) in [4.78, 5) is 33.9. The summed E-state index contributed by atoms with van der Waals surface area (Å²) >= 11 is 5.73. The number of carboxylic acid groups (broad SMARTS) is 1. The maximum absolute atomic E-state index is 12.2. The van der Waals surface area contributed by atoms with Crippen LogP contribution in [-0.2, 0) is 9.59 Å². The summed E-state index contributed by atoms with van der Waals surface area (Å²) in [5.41, 5.74) is -0.140. The van der Waals surface area contributed by atoms with E-state index in [1.165, 1.54) is 12.1 Å². The molecule has 1 rings (SSSR count). The van der Waals surface area contributed by atoms with Crippen LogP contribution >= 0.6 is 11.6 Å². The van der Waals surface area contributed by atoms with E-state index in [0.717, 1.165) is 31.7 Å². The van der Waals surface area contributed by atoms with E-state index in [4.69, 9.17) is 11.6 Å². The number of hydrogen-bond donors (Lipinski definition) is 3. The number of unbranched alkanes of at least 4 members (excludes halogenated alkanes) is 1. The summed E-state index contributed by atoms with van der Waals surface area (Å²) in [7, 11) is 0. The molecule has 2 unspecified atom stereocenters. The van der Waals surface area contributed by atoms with Gasteiger partial charge in [0.2, 0.25) is 5.91 Å². The van der Waals surface area contributed by atoms with Crippen LogP contribution in [0.1, 0.15) is 46.0 Å². The number of nitrogens with zero attached hydrogens (tertiary/aromatic N) is 1. The van der Waals surface area contributed by atoms with Crippen LogP contribution in [0.2, 0.25) is 5.02 Å². The zero-order valence-corrected chi connectivity index (χ0v) is 16.3. The number of halogens is 1. The topological polar surface area (TPSA) is 122 Å². The van der Waals surface area contributed by atoms with Crippen molar-refractivity contribution in [2.45, 2.75) is 52.0 Å². The van der Waals surface area contributed by atoms with Gasteiger partial charge in [-0.05, 0) is 31.0 Å². The largest absolute Gasteiger partial charge is 0.480 e. The van der Waals surface area contributed by atoms with E-state index >= 15 is 0 Å². The molecule has 0 saturated carbocycles. The summed E-state index contributed by atoms with van der Waals surface area (Å²) in [6, 6.07) is 2.85. The van der Waals surface area contributed by atoms with Gasteiger partial charge in [0.1, 0.15) is 11.1 Å². The molecule has 2 atom stereocenters. The predicted molar refractivity (Wildman–Crippen MR) is 104 cm³/mol. The number of nitro benzene ring substituents is 1. The van der Waals surface area contributed by atoms with Crippen molar-refractivity contribution in [3.63, 3.8) is 0 Å². The quantitative estimate of drug-likeness (QED) is 0.362. The maximum Gasteiger partial charge on any atom is 0.321 e. The molecule has 27 heavy (non-hydrogen) atoms. The fraction of sp³-hybridized carbons (Fsp3) is 0.556. The third kappa shape index (κ3) is 7.92. The maximum atomic E-state index is 12.2. The number of anilines is 1. The first kappa shape index (κ1) is 22.9. The molecule has 0 aliphatic carbocycles. The van der Waals surface area contributed by atoms with Gasteiger partial charge >= 0.3 is 5.97 Å². The minimum atomic E-state index is -1.11. The molecule has 0 radical (unpaired) electrons. The van der Waals surface area contributed by atoms with E-state index < -0.39 is 22.8 Å². The van der Waals surface area contributed by atoms with Gasteiger partial charge in [-0.25, -0.2) is 0 Å². The monoisotopic (exact) mass is 399 g/mol. The average molecular weight is 400 g/mol. The molecule has 0 saturated heterocycles. The van der Waals surface area contributed by atoms with Crippen LogP contribution in [0.15, 0.2) is 18.2 Å². The van der Waals surface area contributed by atoms with Gasteiger partial charge in [0.15, 0.2) is 0 Å². The molecular weight excluding hydrogens is 374 g/mol. The van der Waals surface area contributed by atoms with Crippen LogP contribution in [0.25, 0.3) is 0 Å². The zero-order chi connectivity index (χ0) is 20.4. The number of rotatable bonds is 12. The minimum absolute atomic E-state index is 0.0410. The Labute approximate surface area is 163 Å². The predicted octanol–water partition coefficient (Wildman–Crippen LogP) is 3.84. The summed E-state index contributed by atoms with van der Waals surface area (Å²) in [6.45, 7) is 4.68. The van der Waals surface area contributed by atoms with Crippen LogP contribution in [0, 0.1) is 16.0 Å². The van der Waals surface area contributed by atoms with Crippen molar-refractivity contribution in [2.75, 3.05) is 11.9 Å². The second kappa shape index (κ2) is 11.5. The van der Waals surface area contributed by atoms with Crippen molar-refractivity contribution in [1.29, 1.82) is 0 Å². The minimum Gasteiger partial charge on any atom is -0.480 e. The molecule has 3 N–H and O–H groups in total. The molecule has 0 aromatic heterocycles. The van der Waals surface area contributed by atoms with Crippen molar-refractivity contribution in [1.82, 2.24) is 5.32 Å². The number of carbonyl (C=O) groups excluding carboxylic acids is 1. The molecule has 1 amide bonds. The Kier molecular flexibility index (Phi) is 9.74. The summed E-state index contributed by atoms with van der Waals surface area (Å²) in [5.74, 6) is -1.31. The second-order valence-electron chi connectivity index (χ2n) is 6.39. The highest BCUT2D eigenvalue weighted by Gasteiger charge is 2.22. The number of nitrogens with one attached hydrogen (secondary N) is 2. The number of benzene rings is 1. The van der Waals surface area contributed by atoms with Gasteiger partial charge in [-0.15, -0.1) is 0 Å². The Morgan fingerprint density at radius 1 is 1.33 bits per heavy atom. The van der Waals surface area contributed by atoms with Gasteiger partial charge in [0.05, 0.1) is 11.3 Å². The van der Waals surface area contributed by atoms with Crippen LogP contribution in [0.3, 0.4) is 0 Å². The number of carbonyl (C=O) groups is 2. The van der Waals surface area contributed by atoms with Crippen LogP contribution in [0.5, 0.6) is 0 Å². The van der Waals surface area contributed by atoms with Crippen molar-refractivity contribution in [3.05, 3.63) is 33.3 Å². The van der Waals surface area contributed by atoms with E-state index in [-0.39, 0.29) is 22.8 Å². The van der Waals surface area contributed by atoms with Crippen molar-refractivity contribution in [2.24, 2.45) is 5.92 Å². The molecule has 150 valence electrons. The van der Waals surface area contributed by atoms with E-state index in [2.05, 4.69) is 24.5 Å². The molecule has 0 fully saturated rings. The van der Waals surface area contributed by atoms with Crippen molar-refractivity contribution >= 4 is 34.9 Å². The lowest BCUT2D eigenvalue weighted by Crippen LogP contribution is -2.42. The van der Waals surface area contributed by atoms with Crippen LogP contribution in [-0.4, -0.2) is 34.5 Å². The highest BCUT2D eigenvalue weighted by molar-refractivity contribution is 6.32. The Hall–Kier alpha value is -2.19. The standard InChI is InChI=1S/C18H26ClN3O5/c1-3-5-6-12(4-2)11-20-15(18(24)25)10-17(23)21-13-7-8-14(19)16(9-13)22(26)27/h7-9,12,15,20H,3-6,10-11H2,1-2H3,(H,21,23)(H,24,25). The molecule has 8 nitrogen and oxygen atoms in total. The molecule has 1 aromatic carbocycles. The first-order chi connectivity index (χ1) is 12.8. The number of amides is 1. The number of carboxylic acids is 1. The second-order valence-corrected chi connectivity index (χ2v) is 6.80. The molecular formula is C18H26ClN3O5. The smallest absolute Gasteiger partial charge is 0.321 e. The number of aliphatic carboxylic acids is 1. The van der Waals surface area contributed by atoms with Crippen molar-refractivity contribution < 1.29 is 19.6 Å². The number of hydrogen-bond acceptors (Lipinski definition) is 5. The highest BCUT2D eigenvalue weighted by Crippen LogP contribution is 2.27. The van der Waals surface area contributed by atoms with E-state index in [0.29, 0.717) is 12.5 Å². The number of nitro groups is 1. The first-order valence-electron chi connectivity index (χ1n) is 8.98. The van der Waals surface area contributed by atoms with Gasteiger partial charge in [0, 0.05) is 11.8 Å². The molecule has 0 bridgehead atoms. The van der Waals surface area contributed by atoms with Gasteiger partial charge in [-0.3, -0.25) is 19.7 Å². The zero-order valence-electron chi connectivity index (χ0n) is 15.5. The van der Waals surface area contributed by atoms with E-state index in [9.17, 15) is 24.8 Å². The van der Waals surface area contributed by atoms with Crippen LogP contribution in [0.4, 0.5) is 11.4 Å². The molecule has 1 aromatic rings. The van der Waals surface area contributed by atoms with E-state index in [1.54, 1.807) is 0 Å². The van der Waals surface area contributed by atoms with Gasteiger partial charge in [0.25, 0.3) is 5.69 Å². The Morgan fingerprint density at radius 3 is 2.59 bits per heavy atom. The van der Waals surface area contributed by atoms with Gasteiger partial charge in [-0.1, -0.05) is 44.7 Å². The normalized spacial score (nSPS) is 13.0. The SMILES string of the molecule is CCCCC(CC)CNC(CC(=O)Nc1ccc(Cl)c([N+](=O)[O-])c1)C(=O)O. The summed E-state index contributed by atoms with van der Waals surface area (Å²) in [6.07, 6.45) is 3.81. The van der Waals surface area contributed by atoms with Gasteiger partial charge < -0.3 is 15.7 Å². The molecule has 0 heterocycles. The Morgan fingerprint density at radius 2 is 2.04 bits per heavy atom. The third-order valence-electron chi connectivity index (χ3n) is 4.31. The third-order valence-corrected chi connectivity index (χ3v) is 4.63. The Bertz CT molecular complexity index is 668. The fourth-order valence-electron chi connectivity index (χ4n) is 2.63. The highest BCUT2D eigenvalue weighted by atomic mass is 35.5. The lowest BCUT2D eigenvalue weighted by molar-refractivity contribution is -0.384.